The second-order valence-electron chi connectivity index (χ2n) is 5.51. The minimum Gasteiger partial charge on any atom is -0.383 e. The van der Waals surface area contributed by atoms with Gasteiger partial charge in [0.05, 0.1) is 4.75 Å². The van der Waals surface area contributed by atoms with Crippen LogP contribution >= 0.6 is 23.4 Å². The predicted octanol–water partition coefficient (Wildman–Crippen LogP) is 4.49. The van der Waals surface area contributed by atoms with E-state index in [4.69, 9.17) is 11.6 Å². The number of hydrogen-bond acceptors (Lipinski definition) is 3. The lowest BCUT2D eigenvalue weighted by Crippen LogP contribution is -2.20. The number of fused-ring (bicyclic) bond motifs is 1. The fourth-order valence-electron chi connectivity index (χ4n) is 2.75. The van der Waals surface area contributed by atoms with E-state index in [1.165, 1.54) is 21.7 Å². The van der Waals surface area contributed by atoms with Gasteiger partial charge in [-0.25, -0.2) is 0 Å². The van der Waals surface area contributed by atoms with Gasteiger partial charge in [-0.15, -0.1) is 11.8 Å². The molecule has 0 saturated carbocycles. The normalized spacial score (nSPS) is 20.1. The number of benzene rings is 2. The minimum atomic E-state index is 0.0315. The molecule has 4 heteroatoms. The first-order chi connectivity index (χ1) is 10.1. The van der Waals surface area contributed by atoms with Crippen molar-refractivity contribution in [1.82, 2.24) is 5.32 Å². The first kappa shape index (κ1) is 14.8. The summed E-state index contributed by atoms with van der Waals surface area (Å²) in [5.74, 6) is 0. The van der Waals surface area contributed by atoms with Crippen molar-refractivity contribution < 1.29 is 0 Å². The molecule has 3 rings (SSSR count). The maximum atomic E-state index is 6.20. The van der Waals surface area contributed by atoms with Gasteiger partial charge in [-0.2, -0.15) is 0 Å². The first-order valence-electron chi connectivity index (χ1n) is 7.08. The van der Waals surface area contributed by atoms with E-state index in [2.05, 4.69) is 54.0 Å². The summed E-state index contributed by atoms with van der Waals surface area (Å²) < 4.78 is 0.0315. The van der Waals surface area contributed by atoms with E-state index in [1.807, 2.05) is 24.9 Å². The molecular weight excluding hydrogens is 300 g/mol. The fourth-order valence-corrected chi connectivity index (χ4v) is 4.36. The summed E-state index contributed by atoms with van der Waals surface area (Å²) in [6, 6.07) is 14.7. The minimum absolute atomic E-state index is 0.0315. The fraction of sp³-hybridized carbons (Fsp3) is 0.294. The lowest BCUT2D eigenvalue weighted by atomic mass is 10.0. The van der Waals surface area contributed by atoms with Gasteiger partial charge in [0.2, 0.25) is 0 Å². The quantitative estimate of drug-likeness (QED) is 0.868. The van der Waals surface area contributed by atoms with E-state index in [0.29, 0.717) is 0 Å². The van der Waals surface area contributed by atoms with Crippen LogP contribution in [0.25, 0.3) is 0 Å². The van der Waals surface area contributed by atoms with Gasteiger partial charge in [-0.05, 0) is 43.3 Å². The van der Waals surface area contributed by atoms with E-state index in [-0.39, 0.29) is 4.75 Å². The molecule has 0 saturated heterocycles. The van der Waals surface area contributed by atoms with Gasteiger partial charge in [0.1, 0.15) is 0 Å². The van der Waals surface area contributed by atoms with Crippen LogP contribution in [0.2, 0.25) is 5.02 Å². The molecule has 0 spiro atoms. The summed E-state index contributed by atoms with van der Waals surface area (Å²) in [5, 5.41) is 7.53. The third-order valence-corrected chi connectivity index (χ3v) is 5.49. The van der Waals surface area contributed by atoms with Crippen molar-refractivity contribution in [3.05, 3.63) is 58.6 Å². The molecule has 2 aromatic rings. The zero-order valence-electron chi connectivity index (χ0n) is 12.2. The maximum absolute atomic E-state index is 6.20. The Morgan fingerprint density at radius 2 is 2.10 bits per heavy atom. The van der Waals surface area contributed by atoms with Gasteiger partial charge in [0, 0.05) is 28.7 Å². The number of para-hydroxylation sites is 1. The van der Waals surface area contributed by atoms with Gasteiger partial charge in [0.25, 0.3) is 0 Å². The van der Waals surface area contributed by atoms with Crippen LogP contribution in [0.15, 0.2) is 47.4 Å². The van der Waals surface area contributed by atoms with E-state index < -0.39 is 0 Å². The SMILES string of the molecule is CNCc1ccc(Cl)cc1SC1(C)CNc2ccccc21. The standard InChI is InChI=1S/C17H19ClN2S/c1-17(11-20-15-6-4-3-5-14(15)17)21-16-9-13(18)8-7-12(16)10-19-2/h3-9,19-20H,10-11H2,1-2H3. The monoisotopic (exact) mass is 318 g/mol. The summed E-state index contributed by atoms with van der Waals surface area (Å²) >= 11 is 8.09. The van der Waals surface area contributed by atoms with Crippen LogP contribution in [-0.2, 0) is 11.3 Å². The van der Waals surface area contributed by atoms with Crippen LogP contribution in [0, 0.1) is 0 Å². The van der Waals surface area contributed by atoms with Gasteiger partial charge in [-0.1, -0.05) is 35.9 Å². The van der Waals surface area contributed by atoms with Crippen LogP contribution < -0.4 is 10.6 Å². The largest absolute Gasteiger partial charge is 0.383 e. The van der Waals surface area contributed by atoms with E-state index in [9.17, 15) is 0 Å². The zero-order valence-corrected chi connectivity index (χ0v) is 13.8. The average Bonchev–Trinajstić information content (AvgIpc) is 2.80. The van der Waals surface area contributed by atoms with Gasteiger partial charge < -0.3 is 10.6 Å². The molecule has 0 radical (unpaired) electrons. The van der Waals surface area contributed by atoms with E-state index >= 15 is 0 Å². The highest BCUT2D eigenvalue weighted by Gasteiger charge is 2.35. The molecule has 2 nitrogen and oxygen atoms in total. The number of hydrogen-bond donors (Lipinski definition) is 2. The van der Waals surface area contributed by atoms with Crippen LogP contribution in [0.4, 0.5) is 5.69 Å². The van der Waals surface area contributed by atoms with Crippen molar-refractivity contribution in [3.63, 3.8) is 0 Å². The molecule has 2 aromatic carbocycles. The molecule has 1 atom stereocenters. The molecular formula is C17H19ClN2S. The highest BCUT2D eigenvalue weighted by molar-refractivity contribution is 8.00. The predicted molar refractivity (Wildman–Crippen MR) is 92.4 cm³/mol. The van der Waals surface area contributed by atoms with Crippen LogP contribution in [0.1, 0.15) is 18.1 Å². The molecule has 21 heavy (non-hydrogen) atoms. The summed E-state index contributed by atoms with van der Waals surface area (Å²) in [5.41, 5.74) is 3.90. The third-order valence-electron chi connectivity index (χ3n) is 3.84. The lowest BCUT2D eigenvalue weighted by molar-refractivity contribution is 0.765. The summed E-state index contributed by atoms with van der Waals surface area (Å²) in [4.78, 5) is 1.25. The number of nitrogens with one attached hydrogen (secondary N) is 2. The summed E-state index contributed by atoms with van der Waals surface area (Å²) in [6.45, 7) is 4.08. The number of anilines is 1. The van der Waals surface area contributed by atoms with Crippen LogP contribution in [0.5, 0.6) is 0 Å². The summed E-state index contributed by atoms with van der Waals surface area (Å²) in [7, 11) is 1.97. The molecule has 0 aliphatic carbocycles. The first-order valence-corrected chi connectivity index (χ1v) is 8.27. The Bertz CT molecular complexity index is 659. The molecule has 0 fully saturated rings. The molecule has 0 amide bonds. The number of halogens is 1. The maximum Gasteiger partial charge on any atom is 0.0619 e. The van der Waals surface area contributed by atoms with E-state index in [1.54, 1.807) is 0 Å². The average molecular weight is 319 g/mol. The van der Waals surface area contributed by atoms with Crippen LogP contribution in [0.3, 0.4) is 0 Å². The van der Waals surface area contributed by atoms with Crippen molar-refractivity contribution in [2.75, 3.05) is 18.9 Å². The van der Waals surface area contributed by atoms with Crippen molar-refractivity contribution in [2.24, 2.45) is 0 Å². The Morgan fingerprint density at radius 1 is 1.29 bits per heavy atom. The highest BCUT2D eigenvalue weighted by Crippen LogP contribution is 2.48. The Labute approximate surface area is 135 Å². The molecule has 1 aliphatic rings. The van der Waals surface area contributed by atoms with Crippen LogP contribution in [-0.4, -0.2) is 13.6 Å². The van der Waals surface area contributed by atoms with Gasteiger partial charge in [0.15, 0.2) is 0 Å². The third kappa shape index (κ3) is 2.91. The Morgan fingerprint density at radius 3 is 2.90 bits per heavy atom. The Balaban J connectivity index is 1.95. The molecule has 110 valence electrons. The molecule has 0 aromatic heterocycles. The molecule has 1 unspecified atom stereocenters. The molecule has 1 aliphatic heterocycles. The second-order valence-corrected chi connectivity index (χ2v) is 7.50. The molecule has 0 bridgehead atoms. The van der Waals surface area contributed by atoms with Crippen molar-refractivity contribution >= 4 is 29.1 Å². The smallest absolute Gasteiger partial charge is 0.0619 e. The van der Waals surface area contributed by atoms with Crippen molar-refractivity contribution in [2.45, 2.75) is 23.1 Å². The second kappa shape index (κ2) is 5.91. The Kier molecular flexibility index (Phi) is 4.16. The van der Waals surface area contributed by atoms with Crippen molar-refractivity contribution in [3.8, 4) is 0 Å². The molecule has 1 heterocycles. The molecule has 2 N–H and O–H groups in total. The number of rotatable bonds is 4. The van der Waals surface area contributed by atoms with Crippen molar-refractivity contribution in [1.29, 1.82) is 0 Å². The zero-order chi connectivity index (χ0) is 14.9. The van der Waals surface area contributed by atoms with E-state index in [0.717, 1.165) is 18.1 Å². The van der Waals surface area contributed by atoms with Gasteiger partial charge >= 0.3 is 0 Å². The van der Waals surface area contributed by atoms with Gasteiger partial charge in [-0.3, -0.25) is 0 Å². The Hall–Kier alpha value is -1.16. The topological polar surface area (TPSA) is 24.1 Å². The number of thioether (sulfide) groups is 1. The summed E-state index contributed by atoms with van der Waals surface area (Å²) in [6.07, 6.45) is 0. The highest BCUT2D eigenvalue weighted by atomic mass is 35.5. The lowest BCUT2D eigenvalue weighted by Gasteiger charge is -2.25.